The lowest BCUT2D eigenvalue weighted by molar-refractivity contribution is -0.0464. The summed E-state index contributed by atoms with van der Waals surface area (Å²) in [6.45, 7) is 14.4. The minimum atomic E-state index is -0.608. The predicted octanol–water partition coefficient (Wildman–Crippen LogP) is 11.9. The first kappa shape index (κ1) is 42.4. The van der Waals surface area contributed by atoms with E-state index in [0.29, 0.717) is 24.0 Å². The summed E-state index contributed by atoms with van der Waals surface area (Å²) >= 11 is 5.26. The number of anilines is 1. The molecule has 4 heterocycles. The van der Waals surface area contributed by atoms with Crippen molar-refractivity contribution in [3.63, 3.8) is 0 Å². The fourth-order valence-corrected chi connectivity index (χ4v) is 10.9. The molecule has 3 aromatic heterocycles. The molecule has 10 nitrogen and oxygen atoms in total. The molecule has 0 spiro atoms. The van der Waals surface area contributed by atoms with Crippen LogP contribution in [0.2, 0.25) is 0 Å². The second kappa shape index (κ2) is 17.6. The summed E-state index contributed by atoms with van der Waals surface area (Å²) in [7, 11) is 0. The van der Waals surface area contributed by atoms with Crippen LogP contribution in [0.25, 0.3) is 38.2 Å². The first-order valence-corrected chi connectivity index (χ1v) is 23.5. The molecule has 2 atom stereocenters. The van der Waals surface area contributed by atoms with E-state index in [1.54, 1.807) is 11.3 Å². The number of aromatic nitrogens is 4. The topological polar surface area (TPSA) is 103 Å². The van der Waals surface area contributed by atoms with E-state index in [2.05, 4.69) is 96.4 Å². The lowest BCUT2D eigenvalue weighted by atomic mass is 9.86. The van der Waals surface area contributed by atoms with Crippen LogP contribution in [-0.4, -0.2) is 55.9 Å². The van der Waals surface area contributed by atoms with Crippen LogP contribution >= 0.6 is 27.3 Å². The van der Waals surface area contributed by atoms with Gasteiger partial charge in [0.2, 0.25) is 5.78 Å². The highest BCUT2D eigenvalue weighted by Gasteiger charge is 2.29. The summed E-state index contributed by atoms with van der Waals surface area (Å²) in [4.78, 5) is 39.4. The number of rotatable bonds is 10. The summed E-state index contributed by atoms with van der Waals surface area (Å²) < 4.78 is 17.8. The van der Waals surface area contributed by atoms with Crippen LogP contribution < -0.4 is 15.8 Å². The third-order valence-corrected chi connectivity index (χ3v) is 14.0. The molecular weight excluding hydrogens is 837 g/mol. The Kier molecular flexibility index (Phi) is 12.5. The first-order valence-electron chi connectivity index (χ1n) is 21.8. The maximum Gasteiger partial charge on any atom is 0.408 e. The number of imidazole rings is 1. The van der Waals surface area contributed by atoms with Gasteiger partial charge in [-0.15, -0.1) is 11.3 Å². The number of nitrogens with zero attached hydrogens (tertiary/aromatic N) is 5. The van der Waals surface area contributed by atoms with Crippen molar-refractivity contribution in [3.8, 4) is 10.4 Å². The number of benzene rings is 3. The van der Waals surface area contributed by atoms with Crippen molar-refractivity contribution in [3.05, 3.63) is 92.3 Å². The van der Waals surface area contributed by atoms with Crippen molar-refractivity contribution < 1.29 is 14.3 Å². The molecule has 1 N–H and O–H groups in total. The highest BCUT2D eigenvalue weighted by molar-refractivity contribution is 9.10. The summed E-state index contributed by atoms with van der Waals surface area (Å²) in [6.07, 6.45) is 10.7. The Labute approximate surface area is 365 Å². The fraction of sp³-hybridized carbons (Fsp3) is 0.500. The van der Waals surface area contributed by atoms with Gasteiger partial charge in [0.1, 0.15) is 5.60 Å². The molecule has 2 fully saturated rings. The predicted molar refractivity (Wildman–Crippen MR) is 248 cm³/mol. The van der Waals surface area contributed by atoms with Crippen LogP contribution in [0.3, 0.4) is 0 Å². The van der Waals surface area contributed by atoms with Crippen molar-refractivity contribution in [2.45, 2.75) is 129 Å². The van der Waals surface area contributed by atoms with Crippen LogP contribution in [0, 0.1) is 12.8 Å². The van der Waals surface area contributed by atoms with Gasteiger partial charge in [0.25, 0.3) is 5.56 Å². The monoisotopic (exact) mass is 894 g/mol. The van der Waals surface area contributed by atoms with Crippen molar-refractivity contribution >= 4 is 66.8 Å². The van der Waals surface area contributed by atoms with Crippen LogP contribution in [-0.2, 0) is 9.47 Å². The van der Waals surface area contributed by atoms with E-state index in [4.69, 9.17) is 14.5 Å². The van der Waals surface area contributed by atoms with Crippen LogP contribution in [0.5, 0.6) is 0 Å². The van der Waals surface area contributed by atoms with Gasteiger partial charge < -0.3 is 24.3 Å². The van der Waals surface area contributed by atoms with E-state index < -0.39 is 11.7 Å². The molecule has 1 aliphatic heterocycles. The zero-order valence-corrected chi connectivity index (χ0v) is 38.3. The molecule has 0 radical (unpaired) electrons. The number of hydrogen-bond acceptors (Lipinski definition) is 8. The maximum absolute atomic E-state index is 13.4. The average Bonchev–Trinajstić information content (AvgIpc) is 3.96. The lowest BCUT2D eigenvalue weighted by Crippen LogP contribution is -2.39. The Morgan fingerprint density at radius 1 is 0.917 bits per heavy atom. The zero-order chi connectivity index (χ0) is 42.2. The van der Waals surface area contributed by atoms with Crippen LogP contribution in [0.15, 0.2) is 75.4 Å². The van der Waals surface area contributed by atoms with Gasteiger partial charge in [0.05, 0.1) is 56.3 Å². The Bertz CT molecular complexity index is 2530. The second-order valence-electron chi connectivity index (χ2n) is 18.5. The number of alkyl carbamates (subject to hydrolysis) is 1. The van der Waals surface area contributed by atoms with E-state index in [1.807, 2.05) is 51.4 Å². The largest absolute Gasteiger partial charge is 0.444 e. The number of hydrogen-bond donors (Lipinski definition) is 1. The Morgan fingerprint density at radius 3 is 2.38 bits per heavy atom. The van der Waals surface area contributed by atoms with Gasteiger partial charge in [-0.3, -0.25) is 9.20 Å². The van der Waals surface area contributed by atoms with Gasteiger partial charge in [-0.05, 0) is 143 Å². The molecule has 1 saturated heterocycles. The molecule has 1 aliphatic carbocycles. The number of halogens is 1. The zero-order valence-electron chi connectivity index (χ0n) is 35.9. The molecule has 3 aromatic carbocycles. The second-order valence-corrected chi connectivity index (χ2v) is 20.2. The van der Waals surface area contributed by atoms with Crippen LogP contribution in [0.4, 0.5) is 10.5 Å². The van der Waals surface area contributed by atoms with E-state index >= 15 is 0 Å². The molecule has 12 heteroatoms. The maximum atomic E-state index is 13.4. The quantitative estimate of drug-likeness (QED) is 0.146. The van der Waals surface area contributed by atoms with Gasteiger partial charge in [0.15, 0.2) is 0 Å². The number of nitrogens with one attached hydrogen (secondary N) is 1. The number of amides is 1. The Balaban J connectivity index is 0.964. The Morgan fingerprint density at radius 2 is 1.65 bits per heavy atom. The molecule has 8 rings (SSSR count). The third kappa shape index (κ3) is 9.31. The smallest absolute Gasteiger partial charge is 0.408 e. The van der Waals surface area contributed by atoms with E-state index in [-0.39, 0.29) is 17.2 Å². The van der Waals surface area contributed by atoms with Crippen molar-refractivity contribution in [1.82, 2.24) is 24.3 Å². The molecular formula is C48H59BrN6O4S. The molecule has 0 bridgehead atoms. The molecule has 2 aliphatic rings. The summed E-state index contributed by atoms with van der Waals surface area (Å²) in [5.74, 6) is 1.27. The molecule has 1 unspecified atom stereocenters. The molecule has 6 aromatic rings. The number of carbonyl (C=O) groups excluding carboxylic acids is 1. The van der Waals surface area contributed by atoms with Crippen molar-refractivity contribution in [2.24, 2.45) is 5.92 Å². The lowest BCUT2D eigenvalue weighted by Gasteiger charge is -2.32. The molecule has 318 valence electrons. The fourth-order valence-electron chi connectivity index (χ4n) is 9.54. The summed E-state index contributed by atoms with van der Waals surface area (Å²) in [5.41, 5.74) is 8.15. The SMILES string of the molecule is Cc1ncsc1-c1ccc([C@H](COC(C)(C)CC2CCCCN(c3ccc4c(c3)n(C3CCCC3)c3nc(=O)c5c(Br)cccc5n43)CCC2)NC(=O)OC(C)(C)C)cc1. The van der Waals surface area contributed by atoms with Crippen molar-refractivity contribution in [1.29, 1.82) is 0 Å². The number of thiazole rings is 1. The van der Waals surface area contributed by atoms with Gasteiger partial charge >= 0.3 is 6.09 Å². The van der Waals surface area contributed by atoms with Crippen molar-refractivity contribution in [2.75, 3.05) is 24.6 Å². The summed E-state index contributed by atoms with van der Waals surface area (Å²) in [5, 5.41) is 3.73. The number of ether oxygens (including phenoxy) is 2. The number of carbonyl (C=O) groups is 1. The van der Waals surface area contributed by atoms with Gasteiger partial charge in [-0.25, -0.2) is 9.78 Å². The summed E-state index contributed by atoms with van der Waals surface area (Å²) in [6, 6.07) is 21.1. The van der Waals surface area contributed by atoms with E-state index in [1.165, 1.54) is 18.5 Å². The standard InChI is InChI=1S/C48H59BrN6O4S/c1-31-43(60-30-50-31)34-21-19-33(20-22-34)38(51-46(57)59-47(2,3)4)29-58-48(5,6)28-32-13-9-10-25-53(26-12-14-32)36-23-24-39-41(27-36)54(35-15-7-8-16-35)45-52-44(56)42-37(49)17-11-18-40(42)55(39)45/h11,17-24,27,30,32,35,38H,7-10,12-16,25-26,28-29H2,1-6H3,(H,51,57)/t32?,38-/m0/s1. The average molecular weight is 896 g/mol. The van der Waals surface area contributed by atoms with E-state index in [0.717, 1.165) is 113 Å². The normalized spacial score (nSPS) is 17.9. The minimum Gasteiger partial charge on any atom is -0.444 e. The number of fused-ring (bicyclic) bond motifs is 5. The van der Waals surface area contributed by atoms with Crippen LogP contribution in [0.1, 0.15) is 122 Å². The molecule has 1 saturated carbocycles. The van der Waals surface area contributed by atoms with Gasteiger partial charge in [-0.1, -0.05) is 56.0 Å². The minimum absolute atomic E-state index is 0.187. The molecule has 60 heavy (non-hydrogen) atoms. The molecule has 1 amide bonds. The Hall–Kier alpha value is -4.26. The third-order valence-electron chi connectivity index (χ3n) is 12.3. The van der Waals surface area contributed by atoms with E-state index in [9.17, 15) is 9.59 Å². The highest BCUT2D eigenvalue weighted by Crippen LogP contribution is 2.38. The highest BCUT2D eigenvalue weighted by atomic mass is 79.9. The number of aryl methyl sites for hydroxylation is 1. The van der Waals surface area contributed by atoms with Gasteiger partial charge in [-0.2, -0.15) is 4.98 Å². The first-order chi connectivity index (χ1) is 28.7. The van der Waals surface area contributed by atoms with Gasteiger partial charge in [0, 0.05) is 29.3 Å².